The number of aromatic nitrogens is 2. The predicted octanol–water partition coefficient (Wildman–Crippen LogP) is 3.77. The minimum absolute atomic E-state index is 0.0821. The van der Waals surface area contributed by atoms with Crippen LogP contribution in [0.4, 0.5) is 5.82 Å². The number of carbonyl (C=O) groups is 1. The summed E-state index contributed by atoms with van der Waals surface area (Å²) in [6, 6.07) is 18.6. The molecule has 0 fully saturated rings. The third kappa shape index (κ3) is 4.70. The van der Waals surface area contributed by atoms with E-state index in [0.29, 0.717) is 12.4 Å². The Morgan fingerprint density at radius 1 is 1.04 bits per heavy atom. The van der Waals surface area contributed by atoms with Crippen LogP contribution in [0.3, 0.4) is 0 Å². The second kappa shape index (κ2) is 8.89. The highest BCUT2D eigenvalue weighted by Crippen LogP contribution is 2.21. The first-order chi connectivity index (χ1) is 13.8. The minimum Gasteiger partial charge on any atom is -0.360 e. The number of carbonyl (C=O) groups excluding carboxylic acids is 1. The molecular formula is C22H22N4OS. The van der Waals surface area contributed by atoms with E-state index in [9.17, 15) is 4.79 Å². The summed E-state index contributed by atoms with van der Waals surface area (Å²) in [4.78, 5) is 23.3. The molecule has 5 nitrogen and oxygen atoms in total. The Morgan fingerprint density at radius 3 is 2.68 bits per heavy atom. The topological polar surface area (TPSA) is 58.1 Å². The molecule has 1 amide bonds. The highest BCUT2D eigenvalue weighted by molar-refractivity contribution is 7.98. The van der Waals surface area contributed by atoms with Crippen molar-refractivity contribution in [3.63, 3.8) is 0 Å². The van der Waals surface area contributed by atoms with Gasteiger partial charge in [0.05, 0.1) is 18.9 Å². The molecule has 0 unspecified atom stereocenters. The molecule has 0 aliphatic carbocycles. The van der Waals surface area contributed by atoms with Crippen LogP contribution in [0, 0.1) is 0 Å². The molecule has 0 saturated carbocycles. The van der Waals surface area contributed by atoms with Crippen LogP contribution in [-0.4, -0.2) is 33.9 Å². The van der Waals surface area contributed by atoms with Gasteiger partial charge in [-0.05, 0) is 23.1 Å². The van der Waals surface area contributed by atoms with Gasteiger partial charge in [-0.1, -0.05) is 54.6 Å². The van der Waals surface area contributed by atoms with Crippen molar-refractivity contribution >= 4 is 23.5 Å². The van der Waals surface area contributed by atoms with Crippen LogP contribution in [0.15, 0.2) is 72.0 Å². The number of nitrogens with one attached hydrogen (secondary N) is 1. The number of benzene rings is 2. The lowest BCUT2D eigenvalue weighted by Gasteiger charge is -2.29. The Bertz CT molecular complexity index is 948. The van der Waals surface area contributed by atoms with E-state index < -0.39 is 0 Å². The molecule has 3 aromatic rings. The van der Waals surface area contributed by atoms with Gasteiger partial charge in [-0.3, -0.25) is 9.78 Å². The molecule has 2 aromatic carbocycles. The van der Waals surface area contributed by atoms with Gasteiger partial charge in [0.25, 0.3) is 0 Å². The van der Waals surface area contributed by atoms with Crippen molar-refractivity contribution in [2.45, 2.75) is 23.7 Å². The molecule has 142 valence electrons. The maximum atomic E-state index is 12.6. The van der Waals surface area contributed by atoms with E-state index in [4.69, 9.17) is 0 Å². The molecule has 2 heterocycles. The fourth-order valence-corrected chi connectivity index (χ4v) is 4.03. The SMILES string of the molecule is O=C(CNc1cncc(SCc2ccccc2)n1)N1CCc2ccccc2C1. The van der Waals surface area contributed by atoms with Crippen molar-refractivity contribution in [2.75, 3.05) is 18.4 Å². The van der Waals surface area contributed by atoms with Crippen molar-refractivity contribution in [3.8, 4) is 0 Å². The van der Waals surface area contributed by atoms with E-state index in [1.165, 1.54) is 16.7 Å². The van der Waals surface area contributed by atoms with E-state index in [1.807, 2.05) is 29.2 Å². The number of hydrogen-bond acceptors (Lipinski definition) is 5. The normalized spacial score (nSPS) is 13.1. The Morgan fingerprint density at radius 2 is 1.82 bits per heavy atom. The quantitative estimate of drug-likeness (QED) is 0.650. The fourth-order valence-electron chi connectivity index (χ4n) is 3.22. The molecule has 1 N–H and O–H groups in total. The zero-order valence-corrected chi connectivity index (χ0v) is 16.4. The van der Waals surface area contributed by atoms with Gasteiger partial charge in [0.2, 0.25) is 5.91 Å². The average molecular weight is 391 g/mol. The van der Waals surface area contributed by atoms with E-state index in [-0.39, 0.29) is 12.5 Å². The van der Waals surface area contributed by atoms with Crippen LogP contribution >= 0.6 is 11.8 Å². The van der Waals surface area contributed by atoms with Crippen molar-refractivity contribution in [2.24, 2.45) is 0 Å². The van der Waals surface area contributed by atoms with Gasteiger partial charge in [0.1, 0.15) is 10.8 Å². The highest BCUT2D eigenvalue weighted by Gasteiger charge is 2.20. The zero-order chi connectivity index (χ0) is 19.2. The van der Waals surface area contributed by atoms with Gasteiger partial charge in [-0.25, -0.2) is 4.98 Å². The molecule has 1 aliphatic rings. The molecule has 0 radical (unpaired) electrons. The van der Waals surface area contributed by atoms with Crippen LogP contribution in [0.2, 0.25) is 0 Å². The van der Waals surface area contributed by atoms with Crippen molar-refractivity contribution in [1.29, 1.82) is 0 Å². The lowest BCUT2D eigenvalue weighted by molar-refractivity contribution is -0.130. The summed E-state index contributed by atoms with van der Waals surface area (Å²) in [6.45, 7) is 1.66. The average Bonchev–Trinajstić information content (AvgIpc) is 2.77. The first-order valence-corrected chi connectivity index (χ1v) is 10.3. The van der Waals surface area contributed by atoms with Crippen molar-refractivity contribution < 1.29 is 4.79 Å². The van der Waals surface area contributed by atoms with Crippen molar-refractivity contribution in [1.82, 2.24) is 14.9 Å². The molecule has 6 heteroatoms. The van der Waals surface area contributed by atoms with E-state index in [1.54, 1.807) is 24.2 Å². The van der Waals surface area contributed by atoms with Crippen LogP contribution in [0.1, 0.15) is 16.7 Å². The first-order valence-electron chi connectivity index (χ1n) is 9.35. The number of hydrogen-bond donors (Lipinski definition) is 1. The van der Waals surface area contributed by atoms with E-state index >= 15 is 0 Å². The molecule has 0 saturated heterocycles. The molecule has 0 bridgehead atoms. The van der Waals surface area contributed by atoms with Gasteiger partial charge in [-0.2, -0.15) is 0 Å². The van der Waals surface area contributed by atoms with Gasteiger partial charge in [0, 0.05) is 18.8 Å². The molecular weight excluding hydrogens is 368 g/mol. The van der Waals surface area contributed by atoms with Crippen LogP contribution < -0.4 is 5.32 Å². The Kier molecular flexibility index (Phi) is 5.87. The molecule has 1 aromatic heterocycles. The fraction of sp³-hybridized carbons (Fsp3) is 0.227. The Hall–Kier alpha value is -2.86. The van der Waals surface area contributed by atoms with Crippen LogP contribution in [0.25, 0.3) is 0 Å². The number of nitrogens with zero attached hydrogens (tertiary/aromatic N) is 3. The monoisotopic (exact) mass is 390 g/mol. The summed E-state index contributed by atoms with van der Waals surface area (Å²) in [7, 11) is 0. The molecule has 4 rings (SSSR count). The smallest absolute Gasteiger partial charge is 0.242 e. The van der Waals surface area contributed by atoms with Crippen LogP contribution in [-0.2, 0) is 23.5 Å². The van der Waals surface area contributed by atoms with Gasteiger partial charge in [-0.15, -0.1) is 11.8 Å². The molecule has 28 heavy (non-hydrogen) atoms. The summed E-state index contributed by atoms with van der Waals surface area (Å²) in [5, 5.41) is 3.97. The van der Waals surface area contributed by atoms with Crippen molar-refractivity contribution in [3.05, 3.63) is 83.7 Å². The minimum atomic E-state index is 0.0821. The second-order valence-corrected chi connectivity index (χ2v) is 7.70. The second-order valence-electron chi connectivity index (χ2n) is 6.70. The zero-order valence-electron chi connectivity index (χ0n) is 15.5. The van der Waals surface area contributed by atoms with E-state index in [0.717, 1.165) is 23.7 Å². The highest BCUT2D eigenvalue weighted by atomic mass is 32.2. The van der Waals surface area contributed by atoms with Gasteiger partial charge in [0.15, 0.2) is 0 Å². The number of amides is 1. The summed E-state index contributed by atoms with van der Waals surface area (Å²) in [5.74, 6) is 1.55. The predicted molar refractivity (Wildman–Crippen MR) is 112 cm³/mol. The first kappa shape index (κ1) is 18.5. The maximum absolute atomic E-state index is 12.6. The summed E-state index contributed by atoms with van der Waals surface area (Å²) < 4.78 is 0. The summed E-state index contributed by atoms with van der Waals surface area (Å²) in [6.07, 6.45) is 4.32. The summed E-state index contributed by atoms with van der Waals surface area (Å²) in [5.41, 5.74) is 3.82. The van der Waals surface area contributed by atoms with Gasteiger partial charge < -0.3 is 10.2 Å². The molecule has 0 spiro atoms. The molecule has 0 atom stereocenters. The van der Waals surface area contributed by atoms with Crippen LogP contribution in [0.5, 0.6) is 0 Å². The Balaban J connectivity index is 1.30. The van der Waals surface area contributed by atoms with Gasteiger partial charge >= 0.3 is 0 Å². The van der Waals surface area contributed by atoms with E-state index in [2.05, 4.69) is 45.6 Å². The number of rotatable bonds is 6. The lowest BCUT2D eigenvalue weighted by Crippen LogP contribution is -2.39. The summed E-state index contributed by atoms with van der Waals surface area (Å²) >= 11 is 1.63. The molecule has 1 aliphatic heterocycles. The number of fused-ring (bicyclic) bond motifs is 1. The largest absolute Gasteiger partial charge is 0.360 e. The third-order valence-corrected chi connectivity index (χ3v) is 5.72. The Labute approximate surface area is 169 Å². The lowest BCUT2D eigenvalue weighted by atomic mass is 10.00. The third-order valence-electron chi connectivity index (χ3n) is 4.75. The maximum Gasteiger partial charge on any atom is 0.242 e. The number of thioether (sulfide) groups is 1. The number of anilines is 1. The standard InChI is InChI=1S/C22H22N4OS/c27-22(26-11-10-18-8-4-5-9-19(18)15-26)14-24-20-12-23-13-21(25-20)28-16-17-6-2-1-3-7-17/h1-9,12-13H,10-11,14-16H2,(H,24,25).